The second-order valence-electron chi connectivity index (χ2n) is 5.50. The molecule has 0 amide bonds. The van der Waals surface area contributed by atoms with Gasteiger partial charge < -0.3 is 9.72 Å². The van der Waals surface area contributed by atoms with Crippen molar-refractivity contribution in [2.75, 3.05) is 6.61 Å². The third-order valence-corrected chi connectivity index (χ3v) is 2.98. The second-order valence-corrected chi connectivity index (χ2v) is 5.50. The van der Waals surface area contributed by atoms with Gasteiger partial charge in [0.25, 0.3) is 0 Å². The number of rotatable bonds is 3. The lowest BCUT2D eigenvalue weighted by Gasteiger charge is -2.15. The Bertz CT molecular complexity index is 620. The van der Waals surface area contributed by atoms with E-state index < -0.39 is 11.4 Å². The van der Waals surface area contributed by atoms with E-state index in [1.807, 2.05) is 24.3 Å². The third kappa shape index (κ3) is 2.84. The van der Waals surface area contributed by atoms with Crippen LogP contribution in [0.25, 0.3) is 10.9 Å². The van der Waals surface area contributed by atoms with Crippen molar-refractivity contribution in [1.29, 1.82) is 0 Å². The molecule has 0 aliphatic rings. The molecule has 0 saturated heterocycles. The van der Waals surface area contributed by atoms with Crippen LogP contribution < -0.4 is 0 Å². The number of H-pyrrole nitrogens is 1. The summed E-state index contributed by atoms with van der Waals surface area (Å²) in [5, 5.41) is 0.802. The van der Waals surface area contributed by atoms with Crippen LogP contribution >= 0.6 is 0 Å². The second kappa shape index (κ2) is 4.88. The van der Waals surface area contributed by atoms with Crippen molar-refractivity contribution in [3.63, 3.8) is 0 Å². The molecular formula is C15H17NO3. The summed E-state index contributed by atoms with van der Waals surface area (Å²) >= 11 is 0. The molecule has 2 aromatic rings. The van der Waals surface area contributed by atoms with E-state index in [4.69, 9.17) is 4.74 Å². The number of carbonyl (C=O) groups is 2. The molecule has 0 fully saturated rings. The average molecular weight is 259 g/mol. The topological polar surface area (TPSA) is 59.2 Å². The minimum absolute atomic E-state index is 0.0966. The smallest absolute Gasteiger partial charge is 0.340 e. The Morgan fingerprint density at radius 2 is 1.89 bits per heavy atom. The largest absolute Gasteiger partial charge is 0.454 e. The van der Waals surface area contributed by atoms with E-state index in [-0.39, 0.29) is 12.4 Å². The molecule has 1 heterocycles. The van der Waals surface area contributed by atoms with E-state index in [0.717, 1.165) is 10.9 Å². The van der Waals surface area contributed by atoms with Gasteiger partial charge in [-0.1, -0.05) is 39.0 Å². The van der Waals surface area contributed by atoms with Gasteiger partial charge in [0.15, 0.2) is 12.4 Å². The first kappa shape index (κ1) is 13.3. The number of aromatic amines is 1. The summed E-state index contributed by atoms with van der Waals surface area (Å²) < 4.78 is 5.07. The van der Waals surface area contributed by atoms with E-state index in [1.165, 1.54) is 0 Å². The van der Waals surface area contributed by atoms with Gasteiger partial charge in [-0.25, -0.2) is 4.79 Å². The first-order valence-corrected chi connectivity index (χ1v) is 6.16. The molecule has 4 heteroatoms. The monoisotopic (exact) mass is 259 g/mol. The van der Waals surface area contributed by atoms with E-state index >= 15 is 0 Å². The molecule has 0 saturated carbocycles. The lowest BCUT2D eigenvalue weighted by atomic mass is 9.91. The van der Waals surface area contributed by atoms with Crippen LogP contribution in [-0.2, 0) is 9.53 Å². The molecule has 0 aliphatic carbocycles. The van der Waals surface area contributed by atoms with Gasteiger partial charge in [-0.15, -0.1) is 0 Å². The van der Waals surface area contributed by atoms with Crippen LogP contribution in [0.1, 0.15) is 31.1 Å². The lowest BCUT2D eigenvalue weighted by Crippen LogP contribution is -2.26. The number of hydrogen-bond donors (Lipinski definition) is 1. The van der Waals surface area contributed by atoms with Gasteiger partial charge in [0, 0.05) is 22.5 Å². The van der Waals surface area contributed by atoms with Gasteiger partial charge >= 0.3 is 5.97 Å². The van der Waals surface area contributed by atoms with Crippen LogP contribution in [0.5, 0.6) is 0 Å². The summed E-state index contributed by atoms with van der Waals surface area (Å²) in [6, 6.07) is 7.46. The molecule has 1 N–H and O–H groups in total. The zero-order chi connectivity index (χ0) is 14.0. The molecule has 4 nitrogen and oxygen atoms in total. The van der Waals surface area contributed by atoms with Crippen molar-refractivity contribution >= 4 is 22.7 Å². The molecule has 0 spiro atoms. The van der Waals surface area contributed by atoms with Gasteiger partial charge in [0.2, 0.25) is 0 Å². The zero-order valence-corrected chi connectivity index (χ0v) is 11.3. The maximum Gasteiger partial charge on any atom is 0.340 e. The van der Waals surface area contributed by atoms with Gasteiger partial charge in [-0.3, -0.25) is 4.79 Å². The number of aromatic nitrogens is 1. The van der Waals surface area contributed by atoms with Crippen LogP contribution in [0.3, 0.4) is 0 Å². The third-order valence-electron chi connectivity index (χ3n) is 2.98. The Morgan fingerprint density at radius 1 is 1.21 bits per heavy atom. The molecule has 0 radical (unpaired) electrons. The minimum atomic E-state index is -0.500. The average Bonchev–Trinajstić information content (AvgIpc) is 2.78. The number of nitrogens with one attached hydrogen (secondary N) is 1. The van der Waals surface area contributed by atoms with Crippen molar-refractivity contribution in [1.82, 2.24) is 4.98 Å². The molecule has 100 valence electrons. The summed E-state index contributed by atoms with van der Waals surface area (Å²) in [6.45, 7) is 5.21. The van der Waals surface area contributed by atoms with Crippen LogP contribution in [-0.4, -0.2) is 23.3 Å². The quantitative estimate of drug-likeness (QED) is 0.862. The molecule has 0 atom stereocenters. The fourth-order valence-corrected chi connectivity index (χ4v) is 1.67. The van der Waals surface area contributed by atoms with Crippen molar-refractivity contribution in [3.8, 4) is 0 Å². The number of para-hydroxylation sites is 1. The van der Waals surface area contributed by atoms with E-state index in [9.17, 15) is 9.59 Å². The van der Waals surface area contributed by atoms with Crippen LogP contribution in [0.2, 0.25) is 0 Å². The highest BCUT2D eigenvalue weighted by atomic mass is 16.5. The van der Waals surface area contributed by atoms with Crippen molar-refractivity contribution in [2.24, 2.45) is 5.41 Å². The summed E-state index contributed by atoms with van der Waals surface area (Å²) in [5.41, 5.74) is 0.828. The van der Waals surface area contributed by atoms with Crippen molar-refractivity contribution in [2.45, 2.75) is 20.8 Å². The predicted octanol–water partition coefficient (Wildman–Crippen LogP) is 2.94. The number of Topliss-reactive ketones (excluding diaryl/α,β-unsaturated/α-hetero) is 1. The molecule has 0 bridgehead atoms. The van der Waals surface area contributed by atoms with Crippen LogP contribution in [0.4, 0.5) is 0 Å². The fourth-order valence-electron chi connectivity index (χ4n) is 1.67. The minimum Gasteiger partial charge on any atom is -0.454 e. The number of fused-ring (bicyclic) bond motifs is 1. The van der Waals surface area contributed by atoms with E-state index in [0.29, 0.717) is 5.56 Å². The molecule has 2 rings (SSSR count). The number of hydrogen-bond acceptors (Lipinski definition) is 3. The highest BCUT2D eigenvalue weighted by Gasteiger charge is 2.23. The Balaban J connectivity index is 2.11. The standard InChI is InChI=1S/C15H17NO3/c1-15(2,3)13(17)9-19-14(18)11-8-16-12-7-5-4-6-10(11)12/h4-8,16H,9H2,1-3H3. The maximum atomic E-state index is 12.0. The normalized spacial score (nSPS) is 11.5. The van der Waals surface area contributed by atoms with Gasteiger partial charge in [-0.2, -0.15) is 0 Å². The van der Waals surface area contributed by atoms with Crippen LogP contribution in [0.15, 0.2) is 30.5 Å². The zero-order valence-electron chi connectivity index (χ0n) is 11.3. The number of ketones is 1. The lowest BCUT2D eigenvalue weighted by molar-refractivity contribution is -0.129. The first-order valence-electron chi connectivity index (χ1n) is 6.16. The number of carbonyl (C=O) groups excluding carboxylic acids is 2. The Labute approximate surface area is 111 Å². The highest BCUT2D eigenvalue weighted by Crippen LogP contribution is 2.19. The SMILES string of the molecule is CC(C)(C)C(=O)COC(=O)c1c[nH]c2ccccc12. The fraction of sp³-hybridized carbons (Fsp3) is 0.333. The number of esters is 1. The predicted molar refractivity (Wildman–Crippen MR) is 73.0 cm³/mol. The van der Waals surface area contributed by atoms with E-state index in [2.05, 4.69) is 4.98 Å². The summed E-state index contributed by atoms with van der Waals surface area (Å²) in [6.07, 6.45) is 1.61. The first-order chi connectivity index (χ1) is 8.89. The van der Waals surface area contributed by atoms with E-state index in [1.54, 1.807) is 27.0 Å². The van der Waals surface area contributed by atoms with Gasteiger partial charge in [-0.05, 0) is 6.07 Å². The van der Waals surface area contributed by atoms with Crippen molar-refractivity contribution in [3.05, 3.63) is 36.0 Å². The molecule has 1 aromatic carbocycles. The Morgan fingerprint density at radius 3 is 2.58 bits per heavy atom. The van der Waals surface area contributed by atoms with Gasteiger partial charge in [0.1, 0.15) is 0 Å². The van der Waals surface area contributed by atoms with Gasteiger partial charge in [0.05, 0.1) is 5.56 Å². The van der Waals surface area contributed by atoms with Crippen LogP contribution in [0, 0.1) is 5.41 Å². The molecule has 1 aromatic heterocycles. The molecule has 19 heavy (non-hydrogen) atoms. The van der Waals surface area contributed by atoms with Crippen molar-refractivity contribution < 1.29 is 14.3 Å². The molecule has 0 unspecified atom stereocenters. The summed E-state index contributed by atoms with van der Waals surface area (Å²) in [5.74, 6) is -0.573. The number of benzene rings is 1. The summed E-state index contributed by atoms with van der Waals surface area (Å²) in [7, 11) is 0. The molecule has 0 aliphatic heterocycles. The summed E-state index contributed by atoms with van der Waals surface area (Å²) in [4.78, 5) is 26.7. The highest BCUT2D eigenvalue weighted by molar-refractivity contribution is 6.04. The maximum absolute atomic E-state index is 12.0. The Kier molecular flexibility index (Phi) is 3.42. The Hall–Kier alpha value is -2.10. The molecular weight excluding hydrogens is 242 g/mol. The number of ether oxygens (including phenoxy) is 1.